The zero-order valence-corrected chi connectivity index (χ0v) is 13.3. The van der Waals surface area contributed by atoms with E-state index < -0.39 is 5.97 Å². The summed E-state index contributed by atoms with van der Waals surface area (Å²) in [6.45, 7) is 3.69. The quantitative estimate of drug-likeness (QED) is 0.819. The number of pyridine rings is 1. The van der Waals surface area contributed by atoms with Gasteiger partial charge in [0.2, 0.25) is 0 Å². The standard InChI is InChI=1S/C15H21N5O2/c1-11-13(10-17-20(11)8-7-19(2)3)18-14-9-16-6-5-12(14)15(21)22-4/h5-6,9-10,18H,7-8H2,1-4H3. The van der Waals surface area contributed by atoms with Gasteiger partial charge in [-0.15, -0.1) is 0 Å². The topological polar surface area (TPSA) is 72.3 Å². The first-order chi connectivity index (χ1) is 10.5. The minimum atomic E-state index is -0.400. The van der Waals surface area contributed by atoms with Crippen LogP contribution in [0.25, 0.3) is 0 Å². The summed E-state index contributed by atoms with van der Waals surface area (Å²) in [5.41, 5.74) is 2.89. The number of methoxy groups -OCH3 is 1. The first-order valence-corrected chi connectivity index (χ1v) is 6.99. The van der Waals surface area contributed by atoms with E-state index in [1.807, 2.05) is 25.7 Å². The van der Waals surface area contributed by atoms with Crippen LogP contribution < -0.4 is 5.32 Å². The lowest BCUT2D eigenvalue weighted by atomic mass is 10.2. The van der Waals surface area contributed by atoms with E-state index in [0.29, 0.717) is 11.3 Å². The molecule has 0 aromatic carbocycles. The van der Waals surface area contributed by atoms with Gasteiger partial charge in [0.05, 0.1) is 48.7 Å². The Labute approximate surface area is 129 Å². The lowest BCUT2D eigenvalue weighted by molar-refractivity contribution is 0.0602. The first kappa shape index (κ1) is 16.0. The average molecular weight is 303 g/mol. The van der Waals surface area contributed by atoms with Crippen LogP contribution in [0.4, 0.5) is 11.4 Å². The van der Waals surface area contributed by atoms with Crippen molar-refractivity contribution in [3.63, 3.8) is 0 Å². The van der Waals surface area contributed by atoms with Gasteiger partial charge in [-0.25, -0.2) is 4.79 Å². The molecular weight excluding hydrogens is 282 g/mol. The normalized spacial score (nSPS) is 10.8. The Hall–Kier alpha value is -2.41. The fraction of sp³-hybridized carbons (Fsp3) is 0.400. The molecule has 0 bridgehead atoms. The van der Waals surface area contributed by atoms with E-state index in [0.717, 1.165) is 24.5 Å². The highest BCUT2D eigenvalue weighted by atomic mass is 16.5. The van der Waals surface area contributed by atoms with Crippen LogP contribution in [0.15, 0.2) is 24.7 Å². The molecule has 0 aliphatic rings. The molecule has 118 valence electrons. The molecule has 1 N–H and O–H groups in total. The van der Waals surface area contributed by atoms with E-state index in [2.05, 4.69) is 20.3 Å². The molecule has 0 atom stereocenters. The molecule has 0 saturated carbocycles. The molecule has 22 heavy (non-hydrogen) atoms. The molecule has 7 heteroatoms. The predicted molar refractivity (Wildman–Crippen MR) is 84.4 cm³/mol. The molecular formula is C15H21N5O2. The van der Waals surface area contributed by atoms with Crippen LogP contribution in [-0.4, -0.2) is 53.4 Å². The van der Waals surface area contributed by atoms with Crippen molar-refractivity contribution < 1.29 is 9.53 Å². The Balaban J connectivity index is 2.20. The third-order valence-corrected chi connectivity index (χ3v) is 3.36. The van der Waals surface area contributed by atoms with Crippen LogP contribution in [0, 0.1) is 6.92 Å². The van der Waals surface area contributed by atoms with Gasteiger partial charge in [0.25, 0.3) is 0 Å². The lowest BCUT2D eigenvalue weighted by Gasteiger charge is -2.12. The molecule has 0 aliphatic heterocycles. The number of hydrogen-bond donors (Lipinski definition) is 1. The van der Waals surface area contributed by atoms with Gasteiger partial charge in [-0.05, 0) is 27.1 Å². The predicted octanol–water partition coefficient (Wildman–Crippen LogP) is 1.68. The maximum atomic E-state index is 11.8. The number of esters is 1. The Morgan fingerprint density at radius 3 is 2.82 bits per heavy atom. The monoisotopic (exact) mass is 303 g/mol. The van der Waals surface area contributed by atoms with Crippen LogP contribution in [0.2, 0.25) is 0 Å². The number of nitrogens with zero attached hydrogens (tertiary/aromatic N) is 4. The van der Waals surface area contributed by atoms with Gasteiger partial charge in [-0.3, -0.25) is 9.67 Å². The number of aromatic nitrogens is 3. The molecule has 2 aromatic heterocycles. The Morgan fingerprint density at radius 1 is 1.36 bits per heavy atom. The minimum absolute atomic E-state index is 0.400. The summed E-state index contributed by atoms with van der Waals surface area (Å²) in [5, 5.41) is 7.57. The summed E-state index contributed by atoms with van der Waals surface area (Å²) in [6.07, 6.45) is 4.91. The van der Waals surface area contributed by atoms with Gasteiger partial charge in [-0.2, -0.15) is 5.10 Å². The van der Waals surface area contributed by atoms with E-state index in [-0.39, 0.29) is 0 Å². The highest BCUT2D eigenvalue weighted by Gasteiger charge is 2.14. The van der Waals surface area contributed by atoms with Gasteiger partial charge in [0, 0.05) is 12.7 Å². The van der Waals surface area contributed by atoms with Crippen LogP contribution >= 0.6 is 0 Å². The molecule has 0 radical (unpaired) electrons. The molecule has 2 rings (SSSR count). The Morgan fingerprint density at radius 2 is 2.14 bits per heavy atom. The highest BCUT2D eigenvalue weighted by Crippen LogP contribution is 2.23. The number of nitrogens with one attached hydrogen (secondary N) is 1. The maximum absolute atomic E-state index is 11.8. The zero-order chi connectivity index (χ0) is 16.1. The van der Waals surface area contributed by atoms with Crippen molar-refractivity contribution in [2.45, 2.75) is 13.5 Å². The number of rotatable bonds is 6. The number of ether oxygens (including phenoxy) is 1. The van der Waals surface area contributed by atoms with Crippen molar-refractivity contribution in [2.24, 2.45) is 0 Å². The van der Waals surface area contributed by atoms with Crippen molar-refractivity contribution >= 4 is 17.3 Å². The van der Waals surface area contributed by atoms with E-state index in [4.69, 9.17) is 4.74 Å². The van der Waals surface area contributed by atoms with Crippen LogP contribution in [0.3, 0.4) is 0 Å². The Kier molecular flexibility index (Phi) is 5.11. The minimum Gasteiger partial charge on any atom is -0.465 e. The average Bonchev–Trinajstić information content (AvgIpc) is 2.85. The molecule has 0 fully saturated rings. The second-order valence-electron chi connectivity index (χ2n) is 5.21. The number of likely N-dealkylation sites (N-methyl/N-ethyl adjacent to an activating group) is 1. The van der Waals surface area contributed by atoms with Gasteiger partial charge < -0.3 is 15.0 Å². The summed E-state index contributed by atoms with van der Waals surface area (Å²) in [5.74, 6) is -0.400. The molecule has 2 heterocycles. The second-order valence-corrected chi connectivity index (χ2v) is 5.21. The van der Waals surface area contributed by atoms with E-state index in [1.165, 1.54) is 7.11 Å². The molecule has 0 spiro atoms. The Bertz CT molecular complexity index is 651. The summed E-state index contributed by atoms with van der Waals surface area (Å²) in [4.78, 5) is 17.9. The van der Waals surface area contributed by atoms with Gasteiger partial charge >= 0.3 is 5.97 Å². The van der Waals surface area contributed by atoms with Gasteiger partial charge in [0.1, 0.15) is 0 Å². The van der Waals surface area contributed by atoms with E-state index in [1.54, 1.807) is 24.7 Å². The van der Waals surface area contributed by atoms with Crippen molar-refractivity contribution in [2.75, 3.05) is 33.1 Å². The first-order valence-electron chi connectivity index (χ1n) is 6.99. The smallest absolute Gasteiger partial charge is 0.340 e. The summed E-state index contributed by atoms with van der Waals surface area (Å²) >= 11 is 0. The summed E-state index contributed by atoms with van der Waals surface area (Å²) in [6, 6.07) is 1.62. The van der Waals surface area contributed by atoms with Crippen molar-refractivity contribution in [1.29, 1.82) is 0 Å². The zero-order valence-electron chi connectivity index (χ0n) is 13.3. The highest BCUT2D eigenvalue weighted by molar-refractivity contribution is 5.96. The molecule has 7 nitrogen and oxygen atoms in total. The van der Waals surface area contributed by atoms with Crippen molar-refractivity contribution in [3.8, 4) is 0 Å². The number of carbonyl (C=O) groups is 1. The van der Waals surface area contributed by atoms with Crippen molar-refractivity contribution in [3.05, 3.63) is 35.9 Å². The number of carbonyl (C=O) groups excluding carboxylic acids is 1. The van der Waals surface area contributed by atoms with Gasteiger partial charge in [0.15, 0.2) is 0 Å². The largest absolute Gasteiger partial charge is 0.465 e. The van der Waals surface area contributed by atoms with Crippen LogP contribution in [0.1, 0.15) is 16.1 Å². The molecule has 2 aromatic rings. The third-order valence-electron chi connectivity index (χ3n) is 3.36. The van der Waals surface area contributed by atoms with Crippen LogP contribution in [-0.2, 0) is 11.3 Å². The van der Waals surface area contributed by atoms with Crippen molar-refractivity contribution in [1.82, 2.24) is 19.7 Å². The number of anilines is 2. The molecule has 0 amide bonds. The van der Waals surface area contributed by atoms with E-state index in [9.17, 15) is 4.79 Å². The van der Waals surface area contributed by atoms with Gasteiger partial charge in [-0.1, -0.05) is 0 Å². The fourth-order valence-corrected chi connectivity index (χ4v) is 2.02. The SMILES string of the molecule is COC(=O)c1ccncc1Nc1cnn(CCN(C)C)c1C. The third kappa shape index (κ3) is 3.62. The molecule has 0 saturated heterocycles. The van der Waals surface area contributed by atoms with Crippen LogP contribution in [0.5, 0.6) is 0 Å². The maximum Gasteiger partial charge on any atom is 0.340 e. The fourth-order valence-electron chi connectivity index (χ4n) is 2.02. The second kappa shape index (κ2) is 7.04. The number of hydrogen-bond acceptors (Lipinski definition) is 6. The summed E-state index contributed by atoms with van der Waals surface area (Å²) < 4.78 is 6.71. The van der Waals surface area contributed by atoms with E-state index >= 15 is 0 Å². The lowest BCUT2D eigenvalue weighted by Crippen LogP contribution is -2.19. The summed E-state index contributed by atoms with van der Waals surface area (Å²) in [7, 11) is 5.41. The molecule has 0 aliphatic carbocycles. The molecule has 0 unspecified atom stereocenters.